The molecule has 0 aliphatic carbocycles. The number of hydrogen-bond acceptors (Lipinski definition) is 5. The van der Waals surface area contributed by atoms with Crippen LogP contribution in [0.4, 0.5) is 0 Å². The third-order valence-corrected chi connectivity index (χ3v) is 2.92. The van der Waals surface area contributed by atoms with Crippen LogP contribution < -0.4 is 10.1 Å². The largest absolute Gasteiger partial charge is 0.492 e. The van der Waals surface area contributed by atoms with Crippen LogP contribution in [0, 0.1) is 0 Å². The van der Waals surface area contributed by atoms with Gasteiger partial charge in [-0.1, -0.05) is 0 Å². The summed E-state index contributed by atoms with van der Waals surface area (Å²) in [7, 11) is 0. The molecule has 1 aliphatic rings. The Morgan fingerprint density at radius 3 is 2.94 bits per heavy atom. The Labute approximate surface area is 107 Å². The van der Waals surface area contributed by atoms with Crippen LogP contribution in [0.5, 0.6) is 5.75 Å². The number of nitrogens with zero attached hydrogens (tertiary/aromatic N) is 2. The molecule has 0 aromatic carbocycles. The Morgan fingerprint density at radius 2 is 2.22 bits per heavy atom. The van der Waals surface area contributed by atoms with Gasteiger partial charge in [0.15, 0.2) is 5.78 Å². The monoisotopic (exact) mass is 249 g/mol. The molecule has 0 radical (unpaired) electrons. The van der Waals surface area contributed by atoms with Crippen molar-refractivity contribution in [2.45, 2.75) is 6.92 Å². The molecule has 1 aromatic rings. The summed E-state index contributed by atoms with van der Waals surface area (Å²) < 4.78 is 5.35. The quantitative estimate of drug-likeness (QED) is 0.773. The highest BCUT2D eigenvalue weighted by Crippen LogP contribution is 2.12. The van der Waals surface area contributed by atoms with Gasteiger partial charge in [-0.3, -0.25) is 14.7 Å². The molecule has 1 saturated heterocycles. The number of rotatable bonds is 5. The number of carbonyl (C=O) groups is 1. The fraction of sp³-hybridized carbons (Fsp3) is 0.538. The molecule has 0 unspecified atom stereocenters. The van der Waals surface area contributed by atoms with Gasteiger partial charge in [0.05, 0.1) is 19.3 Å². The van der Waals surface area contributed by atoms with Gasteiger partial charge >= 0.3 is 0 Å². The zero-order valence-corrected chi connectivity index (χ0v) is 10.7. The van der Waals surface area contributed by atoms with Crippen molar-refractivity contribution in [1.29, 1.82) is 0 Å². The van der Waals surface area contributed by atoms with Crippen molar-refractivity contribution in [1.82, 2.24) is 15.2 Å². The Hall–Kier alpha value is -1.46. The summed E-state index contributed by atoms with van der Waals surface area (Å²) in [6.45, 7) is 6.69. The lowest BCUT2D eigenvalue weighted by atomic mass is 10.1. The Balaban J connectivity index is 1.96. The summed E-state index contributed by atoms with van der Waals surface area (Å²) in [6, 6.07) is 1.76. The molecule has 2 rings (SSSR count). The number of nitrogens with one attached hydrogen (secondary N) is 1. The van der Waals surface area contributed by atoms with Gasteiger partial charge in [0.1, 0.15) is 5.75 Å². The van der Waals surface area contributed by atoms with Gasteiger partial charge in [-0.25, -0.2) is 0 Å². The van der Waals surface area contributed by atoms with E-state index in [2.05, 4.69) is 15.2 Å². The van der Waals surface area contributed by atoms with Crippen LogP contribution in [-0.2, 0) is 0 Å². The summed E-state index contributed by atoms with van der Waals surface area (Å²) in [5.74, 6) is 0.759. The number of ether oxygens (including phenoxy) is 1. The highest BCUT2D eigenvalue weighted by atomic mass is 16.5. The van der Waals surface area contributed by atoms with Crippen molar-refractivity contribution < 1.29 is 9.53 Å². The number of carbonyl (C=O) groups excluding carboxylic acids is 1. The molecule has 1 aliphatic heterocycles. The lowest BCUT2D eigenvalue weighted by Gasteiger charge is -2.26. The molecule has 2 heterocycles. The molecule has 0 spiro atoms. The predicted octanol–water partition coefficient (Wildman–Crippen LogP) is 0.568. The van der Waals surface area contributed by atoms with E-state index in [1.165, 1.54) is 0 Å². The Bertz CT molecular complexity index is 403. The zero-order chi connectivity index (χ0) is 12.8. The Morgan fingerprint density at radius 1 is 1.44 bits per heavy atom. The number of Topliss-reactive ketones (excluding diaryl/α,β-unsaturated/α-hetero) is 1. The predicted molar refractivity (Wildman–Crippen MR) is 69.0 cm³/mol. The third kappa shape index (κ3) is 3.51. The van der Waals surface area contributed by atoms with Gasteiger partial charge in [0, 0.05) is 37.9 Å². The van der Waals surface area contributed by atoms with Crippen LogP contribution >= 0.6 is 0 Å². The SMILES string of the molecule is CCOc1cncc(C(=O)CN2CCNCC2)c1. The van der Waals surface area contributed by atoms with E-state index >= 15 is 0 Å². The zero-order valence-electron chi connectivity index (χ0n) is 10.7. The molecular formula is C13H19N3O2. The molecule has 18 heavy (non-hydrogen) atoms. The molecule has 1 fully saturated rings. The van der Waals surface area contributed by atoms with E-state index in [1.807, 2.05) is 6.92 Å². The Kier molecular flexibility index (Phi) is 4.66. The fourth-order valence-electron chi connectivity index (χ4n) is 1.98. The van der Waals surface area contributed by atoms with E-state index in [4.69, 9.17) is 4.74 Å². The number of piperazine rings is 1. The van der Waals surface area contributed by atoms with Crippen molar-refractivity contribution in [2.24, 2.45) is 0 Å². The number of ketones is 1. The van der Waals surface area contributed by atoms with Gasteiger partial charge in [-0.05, 0) is 13.0 Å². The fourth-order valence-corrected chi connectivity index (χ4v) is 1.98. The van der Waals surface area contributed by atoms with Crippen LogP contribution in [-0.4, -0.2) is 55.0 Å². The standard InChI is InChI=1S/C13H19N3O2/c1-2-18-12-7-11(8-15-9-12)13(17)10-16-5-3-14-4-6-16/h7-9,14H,2-6,10H2,1H3. The van der Waals surface area contributed by atoms with Gasteiger partial charge < -0.3 is 10.1 Å². The van der Waals surface area contributed by atoms with Gasteiger partial charge in [-0.15, -0.1) is 0 Å². The molecule has 1 aromatic heterocycles. The highest BCUT2D eigenvalue weighted by Gasteiger charge is 2.15. The van der Waals surface area contributed by atoms with E-state index < -0.39 is 0 Å². The highest BCUT2D eigenvalue weighted by molar-refractivity contribution is 5.97. The maximum atomic E-state index is 12.1. The van der Waals surface area contributed by atoms with E-state index in [-0.39, 0.29) is 5.78 Å². The minimum atomic E-state index is 0.103. The van der Waals surface area contributed by atoms with E-state index in [0.717, 1.165) is 26.2 Å². The van der Waals surface area contributed by atoms with Crippen LogP contribution in [0.2, 0.25) is 0 Å². The number of pyridine rings is 1. The van der Waals surface area contributed by atoms with Crippen molar-refractivity contribution in [3.05, 3.63) is 24.0 Å². The first-order chi connectivity index (χ1) is 8.79. The van der Waals surface area contributed by atoms with Crippen molar-refractivity contribution in [3.63, 3.8) is 0 Å². The molecule has 5 nitrogen and oxygen atoms in total. The van der Waals surface area contributed by atoms with E-state index in [0.29, 0.717) is 24.5 Å². The maximum Gasteiger partial charge on any atom is 0.178 e. The molecule has 98 valence electrons. The second-order valence-corrected chi connectivity index (χ2v) is 4.29. The van der Waals surface area contributed by atoms with E-state index in [9.17, 15) is 4.79 Å². The van der Waals surface area contributed by atoms with Gasteiger partial charge in [-0.2, -0.15) is 0 Å². The minimum Gasteiger partial charge on any atom is -0.492 e. The summed E-state index contributed by atoms with van der Waals surface area (Å²) >= 11 is 0. The van der Waals surface area contributed by atoms with Crippen LogP contribution in [0.1, 0.15) is 17.3 Å². The van der Waals surface area contributed by atoms with Gasteiger partial charge in [0.2, 0.25) is 0 Å². The molecule has 0 saturated carbocycles. The van der Waals surface area contributed by atoms with Crippen LogP contribution in [0.15, 0.2) is 18.5 Å². The first kappa shape index (κ1) is 13.0. The molecular weight excluding hydrogens is 230 g/mol. The number of aromatic nitrogens is 1. The lowest BCUT2D eigenvalue weighted by molar-refractivity contribution is 0.0920. The van der Waals surface area contributed by atoms with Crippen molar-refractivity contribution >= 4 is 5.78 Å². The second kappa shape index (κ2) is 6.47. The van der Waals surface area contributed by atoms with Crippen molar-refractivity contribution in [3.8, 4) is 5.75 Å². The van der Waals surface area contributed by atoms with Gasteiger partial charge in [0.25, 0.3) is 0 Å². The molecule has 0 bridgehead atoms. The van der Waals surface area contributed by atoms with Crippen molar-refractivity contribution in [2.75, 3.05) is 39.3 Å². The summed E-state index contributed by atoms with van der Waals surface area (Å²) in [5.41, 5.74) is 0.625. The molecule has 0 atom stereocenters. The average Bonchev–Trinajstić information content (AvgIpc) is 2.40. The van der Waals surface area contributed by atoms with Crippen LogP contribution in [0.3, 0.4) is 0 Å². The maximum absolute atomic E-state index is 12.1. The molecule has 0 amide bonds. The topological polar surface area (TPSA) is 54.5 Å². The molecule has 1 N–H and O–H groups in total. The number of hydrogen-bond donors (Lipinski definition) is 1. The lowest BCUT2D eigenvalue weighted by Crippen LogP contribution is -2.45. The summed E-state index contributed by atoms with van der Waals surface area (Å²) in [6.07, 6.45) is 3.23. The average molecular weight is 249 g/mol. The molecule has 5 heteroatoms. The van der Waals surface area contributed by atoms with Crippen LogP contribution in [0.25, 0.3) is 0 Å². The first-order valence-electron chi connectivity index (χ1n) is 6.33. The summed E-state index contributed by atoms with van der Waals surface area (Å²) in [5, 5.41) is 3.27. The van der Waals surface area contributed by atoms with E-state index in [1.54, 1.807) is 18.5 Å². The normalized spacial score (nSPS) is 16.5. The second-order valence-electron chi connectivity index (χ2n) is 4.29. The third-order valence-electron chi connectivity index (χ3n) is 2.92. The first-order valence-corrected chi connectivity index (χ1v) is 6.33. The smallest absolute Gasteiger partial charge is 0.178 e. The summed E-state index contributed by atoms with van der Waals surface area (Å²) in [4.78, 5) is 18.3. The minimum absolute atomic E-state index is 0.103.